The Bertz CT molecular complexity index is 1080. The molecule has 0 bridgehead atoms. The Morgan fingerprint density at radius 2 is 1.61 bits per heavy atom. The molecule has 1 saturated heterocycles. The van der Waals surface area contributed by atoms with Crippen molar-refractivity contribution in [1.29, 1.82) is 0 Å². The Labute approximate surface area is 180 Å². The normalized spacial score (nSPS) is 16.3. The number of nitrogens with one attached hydrogen (secondary N) is 1. The van der Waals surface area contributed by atoms with Crippen molar-refractivity contribution in [1.82, 2.24) is 15.3 Å². The van der Waals surface area contributed by atoms with Crippen molar-refractivity contribution in [3.63, 3.8) is 0 Å². The molecule has 0 radical (unpaired) electrons. The first-order valence-electron chi connectivity index (χ1n) is 10.7. The standard InChI is InChI=1S/C24H24FN5O/c25-20-8-4-5-9-21(20)29-12-14-30(15-13-29)23-19(24(31)27-18-10-11-18)16-26-22(28-23)17-6-2-1-3-7-17/h1-9,16,18H,10-15H2,(H,27,31). The fraction of sp³-hybridized carbons (Fsp3) is 0.292. The molecule has 2 aliphatic rings. The van der Waals surface area contributed by atoms with Gasteiger partial charge in [-0.05, 0) is 25.0 Å². The first-order valence-corrected chi connectivity index (χ1v) is 10.7. The minimum Gasteiger partial charge on any atom is -0.366 e. The summed E-state index contributed by atoms with van der Waals surface area (Å²) in [7, 11) is 0. The van der Waals surface area contributed by atoms with Crippen molar-refractivity contribution in [2.45, 2.75) is 18.9 Å². The van der Waals surface area contributed by atoms with Gasteiger partial charge < -0.3 is 15.1 Å². The predicted octanol–water partition coefficient (Wildman–Crippen LogP) is 3.50. The third-order valence-electron chi connectivity index (χ3n) is 5.73. The highest BCUT2D eigenvalue weighted by Gasteiger charge is 2.28. The average molecular weight is 417 g/mol. The zero-order valence-corrected chi connectivity index (χ0v) is 17.2. The zero-order valence-electron chi connectivity index (χ0n) is 17.2. The highest BCUT2D eigenvalue weighted by atomic mass is 19.1. The molecule has 0 unspecified atom stereocenters. The van der Waals surface area contributed by atoms with E-state index in [1.165, 1.54) is 6.07 Å². The highest BCUT2D eigenvalue weighted by Crippen LogP contribution is 2.27. The molecule has 2 heterocycles. The molecule has 7 heteroatoms. The van der Waals surface area contributed by atoms with Gasteiger partial charge in [-0.25, -0.2) is 14.4 Å². The van der Waals surface area contributed by atoms with E-state index < -0.39 is 0 Å². The van der Waals surface area contributed by atoms with Crippen LogP contribution in [0.15, 0.2) is 60.8 Å². The average Bonchev–Trinajstić information content (AvgIpc) is 3.64. The smallest absolute Gasteiger partial charge is 0.256 e. The molecule has 2 fully saturated rings. The molecular weight excluding hydrogens is 393 g/mol. The first-order chi connectivity index (χ1) is 15.2. The summed E-state index contributed by atoms with van der Waals surface area (Å²) in [5.74, 6) is 0.887. The van der Waals surface area contributed by atoms with Crippen molar-refractivity contribution in [2.75, 3.05) is 36.0 Å². The van der Waals surface area contributed by atoms with Crippen LogP contribution in [0.1, 0.15) is 23.2 Å². The van der Waals surface area contributed by atoms with E-state index in [1.54, 1.807) is 18.3 Å². The van der Waals surface area contributed by atoms with Gasteiger partial charge in [-0.2, -0.15) is 0 Å². The van der Waals surface area contributed by atoms with Crippen LogP contribution in [0.4, 0.5) is 15.9 Å². The van der Waals surface area contributed by atoms with Crippen LogP contribution in [0.2, 0.25) is 0 Å². The number of carbonyl (C=O) groups is 1. The van der Waals surface area contributed by atoms with Gasteiger partial charge in [0, 0.05) is 44.0 Å². The number of nitrogens with zero attached hydrogens (tertiary/aromatic N) is 4. The van der Waals surface area contributed by atoms with E-state index in [0.717, 1.165) is 18.4 Å². The van der Waals surface area contributed by atoms with Gasteiger partial charge in [-0.15, -0.1) is 0 Å². The maximum Gasteiger partial charge on any atom is 0.256 e. The van der Waals surface area contributed by atoms with Gasteiger partial charge in [0.05, 0.1) is 5.69 Å². The molecule has 1 aromatic heterocycles. The number of aromatic nitrogens is 2. The van der Waals surface area contributed by atoms with Crippen molar-refractivity contribution in [3.05, 3.63) is 72.2 Å². The second-order valence-electron chi connectivity index (χ2n) is 7.97. The molecule has 158 valence electrons. The number of hydrogen-bond acceptors (Lipinski definition) is 5. The Morgan fingerprint density at radius 3 is 2.32 bits per heavy atom. The summed E-state index contributed by atoms with van der Waals surface area (Å²) in [5.41, 5.74) is 2.01. The summed E-state index contributed by atoms with van der Waals surface area (Å²) in [6.07, 6.45) is 3.67. The van der Waals surface area contributed by atoms with Crippen LogP contribution in [0.5, 0.6) is 0 Å². The Kier molecular flexibility index (Phi) is 5.24. The van der Waals surface area contributed by atoms with Crippen LogP contribution in [0, 0.1) is 5.82 Å². The summed E-state index contributed by atoms with van der Waals surface area (Å²) in [6.45, 7) is 2.58. The van der Waals surface area contributed by atoms with Gasteiger partial charge in [0.15, 0.2) is 5.82 Å². The van der Waals surface area contributed by atoms with E-state index in [2.05, 4.69) is 15.2 Å². The van der Waals surface area contributed by atoms with E-state index in [1.807, 2.05) is 41.3 Å². The number of amides is 1. The number of rotatable bonds is 5. The number of benzene rings is 2. The molecule has 1 aliphatic carbocycles. The molecule has 3 aromatic rings. The molecule has 1 N–H and O–H groups in total. The predicted molar refractivity (Wildman–Crippen MR) is 119 cm³/mol. The number of para-hydroxylation sites is 1. The van der Waals surface area contributed by atoms with Crippen molar-refractivity contribution in [2.24, 2.45) is 0 Å². The third kappa shape index (κ3) is 4.21. The second-order valence-corrected chi connectivity index (χ2v) is 7.97. The maximum absolute atomic E-state index is 14.2. The monoisotopic (exact) mass is 417 g/mol. The van der Waals surface area contributed by atoms with Crippen LogP contribution in [-0.4, -0.2) is 48.1 Å². The van der Waals surface area contributed by atoms with Crippen LogP contribution < -0.4 is 15.1 Å². The number of anilines is 2. The van der Waals surface area contributed by atoms with Gasteiger partial charge in [0.1, 0.15) is 17.2 Å². The van der Waals surface area contributed by atoms with Crippen LogP contribution in [-0.2, 0) is 0 Å². The van der Waals surface area contributed by atoms with Crippen molar-refractivity contribution < 1.29 is 9.18 Å². The van der Waals surface area contributed by atoms with Gasteiger partial charge in [-0.3, -0.25) is 4.79 Å². The van der Waals surface area contributed by atoms with E-state index in [-0.39, 0.29) is 17.8 Å². The molecule has 2 aromatic carbocycles. The quantitative estimate of drug-likeness (QED) is 0.689. The van der Waals surface area contributed by atoms with E-state index in [4.69, 9.17) is 4.98 Å². The number of hydrogen-bond donors (Lipinski definition) is 1. The lowest BCUT2D eigenvalue weighted by Gasteiger charge is -2.37. The minimum atomic E-state index is -0.214. The van der Waals surface area contributed by atoms with Crippen molar-refractivity contribution >= 4 is 17.4 Å². The van der Waals surface area contributed by atoms with Gasteiger partial charge in [-0.1, -0.05) is 42.5 Å². The topological polar surface area (TPSA) is 61.4 Å². The maximum atomic E-state index is 14.2. The number of carbonyl (C=O) groups excluding carboxylic acids is 1. The fourth-order valence-corrected chi connectivity index (χ4v) is 3.86. The van der Waals surface area contributed by atoms with Crippen LogP contribution in [0.3, 0.4) is 0 Å². The third-order valence-corrected chi connectivity index (χ3v) is 5.73. The SMILES string of the molecule is O=C(NC1CC1)c1cnc(-c2ccccc2)nc1N1CCN(c2ccccc2F)CC1. The molecule has 1 saturated carbocycles. The molecule has 0 atom stereocenters. The summed E-state index contributed by atoms with van der Waals surface area (Å²) in [5, 5.41) is 3.05. The molecule has 0 spiro atoms. The summed E-state index contributed by atoms with van der Waals surface area (Å²) >= 11 is 0. The first kappa shape index (κ1) is 19.5. The van der Waals surface area contributed by atoms with E-state index in [0.29, 0.717) is 49.1 Å². The Hall–Kier alpha value is -3.48. The zero-order chi connectivity index (χ0) is 21.2. The summed E-state index contributed by atoms with van der Waals surface area (Å²) < 4.78 is 14.2. The molecule has 6 nitrogen and oxygen atoms in total. The highest BCUT2D eigenvalue weighted by molar-refractivity contribution is 5.99. The largest absolute Gasteiger partial charge is 0.366 e. The van der Waals surface area contributed by atoms with Gasteiger partial charge >= 0.3 is 0 Å². The van der Waals surface area contributed by atoms with Crippen LogP contribution in [0.25, 0.3) is 11.4 Å². The fourth-order valence-electron chi connectivity index (χ4n) is 3.86. The minimum absolute atomic E-state index is 0.131. The van der Waals surface area contributed by atoms with Gasteiger partial charge in [0.2, 0.25) is 0 Å². The summed E-state index contributed by atoms with van der Waals surface area (Å²) in [6, 6.07) is 16.8. The van der Waals surface area contributed by atoms with E-state index in [9.17, 15) is 9.18 Å². The lowest BCUT2D eigenvalue weighted by Crippen LogP contribution is -2.47. The van der Waals surface area contributed by atoms with Gasteiger partial charge in [0.25, 0.3) is 5.91 Å². The molecule has 1 aliphatic heterocycles. The Balaban J connectivity index is 1.42. The molecule has 31 heavy (non-hydrogen) atoms. The molecular formula is C24H24FN5O. The number of piperazine rings is 1. The lowest BCUT2D eigenvalue weighted by atomic mass is 10.2. The Morgan fingerprint density at radius 1 is 0.935 bits per heavy atom. The summed E-state index contributed by atoms with van der Waals surface area (Å²) in [4.78, 5) is 26.3. The van der Waals surface area contributed by atoms with E-state index >= 15 is 0 Å². The lowest BCUT2D eigenvalue weighted by molar-refractivity contribution is 0.0951. The van der Waals surface area contributed by atoms with Crippen LogP contribution >= 0.6 is 0 Å². The second kappa shape index (κ2) is 8.34. The molecule has 1 amide bonds. The molecule has 5 rings (SSSR count). The van der Waals surface area contributed by atoms with Crippen molar-refractivity contribution in [3.8, 4) is 11.4 Å². The number of halogens is 1.